The molecule has 3 rings (SSSR count). The van der Waals surface area contributed by atoms with E-state index in [0.29, 0.717) is 24.7 Å². The Morgan fingerprint density at radius 3 is 2.43 bits per heavy atom. The summed E-state index contributed by atoms with van der Waals surface area (Å²) in [4.78, 5) is 16.6. The van der Waals surface area contributed by atoms with Gasteiger partial charge in [0.2, 0.25) is 6.41 Å². The van der Waals surface area contributed by atoms with Crippen molar-refractivity contribution in [1.82, 2.24) is 10.2 Å². The van der Waals surface area contributed by atoms with E-state index >= 15 is 0 Å². The fourth-order valence-corrected chi connectivity index (χ4v) is 2.63. The number of hydrogen-bond acceptors (Lipinski definition) is 6. The first-order chi connectivity index (χ1) is 14.4. The van der Waals surface area contributed by atoms with Crippen molar-refractivity contribution in [3.8, 4) is 23.0 Å². The van der Waals surface area contributed by atoms with Gasteiger partial charge in [0.25, 0.3) is 5.88 Å². The maximum absolute atomic E-state index is 11.1. The summed E-state index contributed by atoms with van der Waals surface area (Å²) in [7, 11) is 0. The highest BCUT2D eigenvalue weighted by Crippen LogP contribution is 2.26. The topological polar surface area (TPSA) is 74.0 Å². The number of carbonyl (C=O) groups is 1. The summed E-state index contributed by atoms with van der Waals surface area (Å²) in [6, 6.07) is 19.3. The molecule has 0 spiro atoms. The van der Waals surface area contributed by atoms with Gasteiger partial charge >= 0.3 is 0 Å². The lowest BCUT2D eigenvalue weighted by atomic mass is 10.1. The molecule has 0 aliphatic carbocycles. The van der Waals surface area contributed by atoms with E-state index < -0.39 is 5.60 Å². The Hall–Kier alpha value is -3.32. The van der Waals surface area contributed by atoms with Crippen LogP contribution in [0.5, 0.6) is 11.6 Å². The first kappa shape index (κ1) is 21.4. The maximum atomic E-state index is 11.1. The molecule has 3 aromatic rings. The lowest BCUT2D eigenvalue weighted by molar-refractivity contribution is -0.217. The summed E-state index contributed by atoms with van der Waals surface area (Å²) in [6.07, 6.45) is 0.629. The van der Waals surface area contributed by atoms with Crippen LogP contribution < -0.4 is 9.47 Å². The van der Waals surface area contributed by atoms with Gasteiger partial charge in [-0.1, -0.05) is 30.3 Å². The molecule has 1 aromatic heterocycles. The molecule has 0 aliphatic rings. The lowest BCUT2D eigenvalue weighted by Crippen LogP contribution is -2.35. The van der Waals surface area contributed by atoms with Gasteiger partial charge in [0.05, 0.1) is 12.1 Å². The minimum Gasteiger partial charge on any atom is -0.489 e. The Labute approximate surface area is 176 Å². The van der Waals surface area contributed by atoms with Gasteiger partial charge in [-0.25, -0.2) is 5.06 Å². The van der Waals surface area contributed by atoms with Crippen molar-refractivity contribution >= 4 is 6.41 Å². The number of hydrogen-bond donors (Lipinski definition) is 0. The van der Waals surface area contributed by atoms with Crippen molar-refractivity contribution < 1.29 is 23.6 Å². The van der Waals surface area contributed by atoms with Crippen molar-refractivity contribution in [1.29, 1.82) is 0 Å². The molecule has 0 bridgehead atoms. The van der Waals surface area contributed by atoms with E-state index in [2.05, 4.69) is 5.16 Å². The molecule has 7 nitrogen and oxygen atoms in total. The number of amides is 1. The first-order valence-electron chi connectivity index (χ1n) is 9.71. The number of ether oxygens (including phenoxy) is 2. The fraction of sp³-hybridized carbons (Fsp3) is 0.304. The lowest BCUT2D eigenvalue weighted by Gasteiger charge is -2.26. The number of benzene rings is 2. The molecular formula is C23H26N2O5. The predicted molar refractivity (Wildman–Crippen MR) is 112 cm³/mol. The second kappa shape index (κ2) is 9.93. The summed E-state index contributed by atoms with van der Waals surface area (Å²) >= 11 is 0. The SMILES string of the molecule is CC(C)(C)ON(C=O)CCOc1cc(-c2ccc(OCc3ccccc3)cc2)on1. The maximum Gasteiger partial charge on any atom is 0.254 e. The normalized spacial score (nSPS) is 11.2. The molecule has 0 unspecified atom stereocenters. The van der Waals surface area contributed by atoms with E-state index in [-0.39, 0.29) is 13.2 Å². The van der Waals surface area contributed by atoms with E-state index in [1.165, 1.54) is 5.06 Å². The van der Waals surface area contributed by atoms with E-state index in [9.17, 15) is 4.79 Å². The van der Waals surface area contributed by atoms with Crippen LogP contribution in [0.2, 0.25) is 0 Å². The number of nitrogens with zero attached hydrogens (tertiary/aromatic N) is 2. The molecule has 30 heavy (non-hydrogen) atoms. The van der Waals surface area contributed by atoms with Gasteiger partial charge in [-0.2, -0.15) is 0 Å². The zero-order valence-electron chi connectivity index (χ0n) is 17.4. The largest absolute Gasteiger partial charge is 0.489 e. The summed E-state index contributed by atoms with van der Waals surface area (Å²) in [5.74, 6) is 1.69. The zero-order valence-corrected chi connectivity index (χ0v) is 17.4. The average molecular weight is 410 g/mol. The molecule has 2 aromatic carbocycles. The van der Waals surface area contributed by atoms with Gasteiger partial charge in [-0.15, -0.1) is 0 Å². The van der Waals surface area contributed by atoms with Gasteiger partial charge in [0.1, 0.15) is 19.0 Å². The Morgan fingerprint density at radius 1 is 1.03 bits per heavy atom. The van der Waals surface area contributed by atoms with Crippen LogP contribution in [-0.2, 0) is 16.2 Å². The van der Waals surface area contributed by atoms with Crippen LogP contribution in [0.25, 0.3) is 11.3 Å². The third-order valence-electron chi connectivity index (χ3n) is 3.95. The van der Waals surface area contributed by atoms with E-state index in [0.717, 1.165) is 16.9 Å². The quantitative estimate of drug-likeness (QED) is 0.362. The van der Waals surface area contributed by atoms with Crippen LogP contribution in [0.15, 0.2) is 65.2 Å². The number of aromatic nitrogens is 1. The Morgan fingerprint density at radius 2 is 1.77 bits per heavy atom. The molecule has 0 fully saturated rings. The van der Waals surface area contributed by atoms with E-state index in [1.54, 1.807) is 6.07 Å². The van der Waals surface area contributed by atoms with Crippen LogP contribution in [-0.4, -0.2) is 35.4 Å². The number of hydroxylamine groups is 2. The number of rotatable bonds is 10. The Balaban J connectivity index is 1.50. The minimum atomic E-state index is -0.459. The average Bonchev–Trinajstić information content (AvgIpc) is 3.20. The number of carbonyl (C=O) groups excluding carboxylic acids is 1. The molecule has 0 saturated heterocycles. The highest BCUT2D eigenvalue weighted by atomic mass is 16.7. The summed E-state index contributed by atoms with van der Waals surface area (Å²) in [6.45, 7) is 6.62. The Bertz CT molecular complexity index is 917. The van der Waals surface area contributed by atoms with Crippen LogP contribution in [0.1, 0.15) is 26.3 Å². The minimum absolute atomic E-state index is 0.229. The molecule has 0 atom stereocenters. The van der Waals surface area contributed by atoms with Crippen LogP contribution in [0.4, 0.5) is 0 Å². The Kier molecular flexibility index (Phi) is 7.08. The molecule has 0 saturated carbocycles. The summed E-state index contributed by atoms with van der Waals surface area (Å²) < 4.78 is 16.7. The van der Waals surface area contributed by atoms with E-state index in [1.807, 2.05) is 75.4 Å². The molecule has 0 aliphatic heterocycles. The van der Waals surface area contributed by atoms with Crippen molar-refractivity contribution in [2.45, 2.75) is 33.0 Å². The molecule has 1 amide bonds. The van der Waals surface area contributed by atoms with Crippen molar-refractivity contribution in [2.24, 2.45) is 0 Å². The molecule has 158 valence electrons. The van der Waals surface area contributed by atoms with E-state index in [4.69, 9.17) is 18.8 Å². The zero-order chi connectivity index (χ0) is 21.4. The second-order valence-corrected chi connectivity index (χ2v) is 7.63. The molecule has 1 heterocycles. The first-order valence-corrected chi connectivity index (χ1v) is 9.71. The second-order valence-electron chi connectivity index (χ2n) is 7.63. The van der Waals surface area contributed by atoms with Gasteiger partial charge in [0.15, 0.2) is 5.76 Å². The van der Waals surface area contributed by atoms with Crippen molar-refractivity contribution in [3.05, 3.63) is 66.2 Å². The van der Waals surface area contributed by atoms with Crippen molar-refractivity contribution in [3.63, 3.8) is 0 Å². The highest BCUT2D eigenvalue weighted by molar-refractivity contribution is 5.59. The molecule has 0 radical (unpaired) electrons. The van der Waals surface area contributed by atoms with Crippen molar-refractivity contribution in [2.75, 3.05) is 13.2 Å². The summed E-state index contributed by atoms with van der Waals surface area (Å²) in [5.41, 5.74) is 1.51. The smallest absolute Gasteiger partial charge is 0.254 e. The summed E-state index contributed by atoms with van der Waals surface area (Å²) in [5, 5.41) is 5.12. The fourth-order valence-electron chi connectivity index (χ4n) is 2.63. The van der Waals surface area contributed by atoms with Crippen LogP contribution in [0.3, 0.4) is 0 Å². The van der Waals surface area contributed by atoms with Gasteiger partial charge < -0.3 is 14.0 Å². The van der Waals surface area contributed by atoms with Gasteiger partial charge in [-0.05, 0) is 55.8 Å². The molecular weight excluding hydrogens is 384 g/mol. The third kappa shape index (κ3) is 6.63. The molecule has 7 heteroatoms. The monoisotopic (exact) mass is 410 g/mol. The van der Waals surface area contributed by atoms with Gasteiger partial charge in [-0.3, -0.25) is 9.63 Å². The van der Waals surface area contributed by atoms with Crippen LogP contribution in [0, 0.1) is 0 Å². The molecule has 0 N–H and O–H groups in total. The highest BCUT2D eigenvalue weighted by Gasteiger charge is 2.16. The van der Waals surface area contributed by atoms with Gasteiger partial charge in [0, 0.05) is 11.6 Å². The van der Waals surface area contributed by atoms with Crippen LogP contribution >= 0.6 is 0 Å². The third-order valence-corrected chi connectivity index (χ3v) is 3.95. The predicted octanol–water partition coefficient (Wildman–Crippen LogP) is 4.49. The standard InChI is InChI=1S/C23H26N2O5/c1-23(2,3)30-25(17-26)13-14-27-22-15-21(29-24-22)19-9-11-20(12-10-19)28-16-18-7-5-4-6-8-18/h4-12,15,17H,13-14,16H2,1-3H3.